The topological polar surface area (TPSA) is 46.6 Å². The quantitative estimate of drug-likeness (QED) is 0.607. The van der Waals surface area contributed by atoms with Crippen molar-refractivity contribution in [3.63, 3.8) is 0 Å². The third-order valence-electron chi connectivity index (χ3n) is 4.51. The van der Waals surface area contributed by atoms with E-state index in [0.29, 0.717) is 17.9 Å². The van der Waals surface area contributed by atoms with Crippen LogP contribution in [0.3, 0.4) is 0 Å². The van der Waals surface area contributed by atoms with Gasteiger partial charge in [-0.1, -0.05) is 28.1 Å². The SMILES string of the molecule is CC1OCCC1C(Br)c1ccc2c(c1)C(=O)N(C)C(=O)C2. The molecule has 2 amide bonds. The van der Waals surface area contributed by atoms with E-state index < -0.39 is 0 Å². The number of ether oxygens (including phenoxy) is 1. The lowest BCUT2D eigenvalue weighted by Crippen LogP contribution is -2.39. The molecule has 4 nitrogen and oxygen atoms in total. The fraction of sp³-hybridized carbons (Fsp3) is 0.500. The summed E-state index contributed by atoms with van der Waals surface area (Å²) < 4.78 is 5.62. The van der Waals surface area contributed by atoms with E-state index in [4.69, 9.17) is 4.74 Å². The largest absolute Gasteiger partial charge is 0.378 e. The summed E-state index contributed by atoms with van der Waals surface area (Å²) >= 11 is 3.76. The normalized spacial score (nSPS) is 26.9. The number of likely N-dealkylation sites (N-methyl/N-ethyl adjacent to an activating group) is 1. The third-order valence-corrected chi connectivity index (χ3v) is 5.72. The van der Waals surface area contributed by atoms with Gasteiger partial charge in [-0.2, -0.15) is 0 Å². The summed E-state index contributed by atoms with van der Waals surface area (Å²) in [7, 11) is 1.54. The first-order valence-electron chi connectivity index (χ1n) is 7.18. The van der Waals surface area contributed by atoms with Gasteiger partial charge in [0.15, 0.2) is 0 Å². The number of rotatable bonds is 2. The van der Waals surface area contributed by atoms with E-state index in [1.807, 2.05) is 18.2 Å². The molecule has 1 fully saturated rings. The molecule has 0 aromatic heterocycles. The van der Waals surface area contributed by atoms with Crippen LogP contribution in [0.25, 0.3) is 0 Å². The zero-order chi connectivity index (χ0) is 15.1. The standard InChI is InChI=1S/C16H18BrNO3/c1-9-12(5-6-21-9)15(17)11-4-3-10-8-14(19)18(2)16(20)13(10)7-11/h3-4,7,9,12,15H,5-6,8H2,1-2H3. The van der Waals surface area contributed by atoms with Gasteiger partial charge < -0.3 is 4.74 Å². The number of fused-ring (bicyclic) bond motifs is 1. The summed E-state index contributed by atoms with van der Waals surface area (Å²) in [5.41, 5.74) is 2.54. The Morgan fingerprint density at radius 3 is 2.81 bits per heavy atom. The minimum atomic E-state index is -0.210. The van der Waals surface area contributed by atoms with Crippen molar-refractivity contribution in [2.75, 3.05) is 13.7 Å². The molecule has 3 rings (SSSR count). The Bertz CT molecular complexity index is 601. The van der Waals surface area contributed by atoms with Crippen LogP contribution in [0.4, 0.5) is 0 Å². The highest BCUT2D eigenvalue weighted by atomic mass is 79.9. The average molecular weight is 352 g/mol. The Kier molecular flexibility index (Phi) is 3.88. The molecular weight excluding hydrogens is 334 g/mol. The number of benzene rings is 1. The number of nitrogens with zero attached hydrogens (tertiary/aromatic N) is 1. The van der Waals surface area contributed by atoms with Crippen LogP contribution in [0.5, 0.6) is 0 Å². The van der Waals surface area contributed by atoms with Gasteiger partial charge in [-0.25, -0.2) is 0 Å². The molecule has 2 heterocycles. The molecule has 3 atom stereocenters. The van der Waals surface area contributed by atoms with Crippen molar-refractivity contribution in [1.29, 1.82) is 0 Å². The first-order valence-corrected chi connectivity index (χ1v) is 8.10. The van der Waals surface area contributed by atoms with Gasteiger partial charge in [0.25, 0.3) is 5.91 Å². The number of alkyl halides is 1. The molecule has 112 valence electrons. The van der Waals surface area contributed by atoms with E-state index in [-0.39, 0.29) is 22.7 Å². The number of hydrogen-bond donors (Lipinski definition) is 0. The van der Waals surface area contributed by atoms with Gasteiger partial charge in [-0.3, -0.25) is 14.5 Å². The molecule has 1 aromatic carbocycles. The Hall–Kier alpha value is -1.20. The predicted octanol–water partition coefficient (Wildman–Crippen LogP) is 2.70. The molecule has 0 spiro atoms. The molecule has 0 bridgehead atoms. The molecule has 0 saturated carbocycles. The molecular formula is C16H18BrNO3. The van der Waals surface area contributed by atoms with Gasteiger partial charge in [-0.05, 0) is 30.5 Å². The number of amides is 2. The zero-order valence-electron chi connectivity index (χ0n) is 12.1. The van der Waals surface area contributed by atoms with Gasteiger partial charge in [0.1, 0.15) is 0 Å². The highest BCUT2D eigenvalue weighted by Crippen LogP contribution is 2.40. The van der Waals surface area contributed by atoms with E-state index in [1.54, 1.807) is 7.05 Å². The van der Waals surface area contributed by atoms with Gasteiger partial charge in [0, 0.05) is 30.0 Å². The van der Waals surface area contributed by atoms with Crippen LogP contribution in [-0.4, -0.2) is 36.5 Å². The lowest BCUT2D eigenvalue weighted by atomic mass is 9.90. The Balaban J connectivity index is 1.92. The predicted molar refractivity (Wildman–Crippen MR) is 82.4 cm³/mol. The lowest BCUT2D eigenvalue weighted by molar-refractivity contribution is -0.127. The Morgan fingerprint density at radius 1 is 1.38 bits per heavy atom. The van der Waals surface area contributed by atoms with Crippen LogP contribution >= 0.6 is 15.9 Å². The van der Waals surface area contributed by atoms with E-state index in [1.165, 1.54) is 4.90 Å². The average Bonchev–Trinajstić information content (AvgIpc) is 2.90. The molecule has 5 heteroatoms. The van der Waals surface area contributed by atoms with Crippen molar-refractivity contribution >= 4 is 27.7 Å². The van der Waals surface area contributed by atoms with Crippen molar-refractivity contribution < 1.29 is 14.3 Å². The fourth-order valence-electron chi connectivity index (χ4n) is 3.07. The van der Waals surface area contributed by atoms with Gasteiger partial charge in [0.2, 0.25) is 5.91 Å². The summed E-state index contributed by atoms with van der Waals surface area (Å²) in [6, 6.07) is 5.84. The molecule has 3 unspecified atom stereocenters. The monoisotopic (exact) mass is 351 g/mol. The van der Waals surface area contributed by atoms with Crippen molar-refractivity contribution in [2.24, 2.45) is 5.92 Å². The second-order valence-corrected chi connectivity index (χ2v) is 6.77. The molecule has 0 N–H and O–H groups in total. The highest BCUT2D eigenvalue weighted by Gasteiger charge is 2.33. The molecule has 2 aliphatic heterocycles. The maximum absolute atomic E-state index is 12.3. The second-order valence-electron chi connectivity index (χ2n) is 5.78. The first kappa shape index (κ1) is 14.7. The van der Waals surface area contributed by atoms with Gasteiger partial charge >= 0.3 is 0 Å². The smallest absolute Gasteiger partial charge is 0.260 e. The summed E-state index contributed by atoms with van der Waals surface area (Å²) in [6.45, 7) is 2.87. The molecule has 2 aliphatic rings. The van der Waals surface area contributed by atoms with Crippen molar-refractivity contribution in [3.8, 4) is 0 Å². The first-order chi connectivity index (χ1) is 9.99. The molecule has 1 saturated heterocycles. The van der Waals surface area contributed by atoms with Crippen LogP contribution in [0.2, 0.25) is 0 Å². The van der Waals surface area contributed by atoms with E-state index in [9.17, 15) is 9.59 Å². The minimum absolute atomic E-state index is 0.145. The second kappa shape index (κ2) is 5.54. The van der Waals surface area contributed by atoms with Crippen molar-refractivity contribution in [1.82, 2.24) is 4.90 Å². The van der Waals surface area contributed by atoms with Gasteiger partial charge in [-0.15, -0.1) is 0 Å². The Morgan fingerprint density at radius 2 is 2.14 bits per heavy atom. The van der Waals surface area contributed by atoms with Crippen LogP contribution in [0.1, 0.15) is 39.7 Å². The van der Waals surface area contributed by atoms with Crippen molar-refractivity contribution in [2.45, 2.75) is 30.7 Å². The number of hydrogen-bond acceptors (Lipinski definition) is 3. The van der Waals surface area contributed by atoms with Crippen LogP contribution in [-0.2, 0) is 16.0 Å². The maximum atomic E-state index is 12.3. The fourth-order valence-corrected chi connectivity index (χ4v) is 4.05. The third kappa shape index (κ3) is 2.53. The van der Waals surface area contributed by atoms with Crippen LogP contribution < -0.4 is 0 Å². The van der Waals surface area contributed by atoms with Crippen LogP contribution in [0, 0.1) is 5.92 Å². The summed E-state index contributed by atoms with van der Waals surface area (Å²) in [5.74, 6) is 0.0491. The van der Waals surface area contributed by atoms with E-state index in [0.717, 1.165) is 24.2 Å². The number of carbonyl (C=O) groups is 2. The summed E-state index contributed by atoms with van der Waals surface area (Å²) in [5, 5.41) is 0. The minimum Gasteiger partial charge on any atom is -0.378 e. The van der Waals surface area contributed by atoms with Crippen LogP contribution in [0.15, 0.2) is 18.2 Å². The number of carbonyl (C=O) groups excluding carboxylic acids is 2. The number of halogens is 1. The van der Waals surface area contributed by atoms with Crippen molar-refractivity contribution in [3.05, 3.63) is 34.9 Å². The summed E-state index contributed by atoms with van der Waals surface area (Å²) in [4.78, 5) is 25.3. The van der Waals surface area contributed by atoms with Gasteiger partial charge in [0.05, 0.1) is 12.5 Å². The number of imide groups is 1. The zero-order valence-corrected chi connectivity index (χ0v) is 13.7. The van der Waals surface area contributed by atoms with E-state index >= 15 is 0 Å². The Labute approximate surface area is 132 Å². The molecule has 0 radical (unpaired) electrons. The van der Waals surface area contributed by atoms with E-state index in [2.05, 4.69) is 22.9 Å². The lowest BCUT2D eigenvalue weighted by Gasteiger charge is -2.26. The highest BCUT2D eigenvalue weighted by molar-refractivity contribution is 9.09. The molecule has 1 aromatic rings. The molecule has 0 aliphatic carbocycles. The summed E-state index contributed by atoms with van der Waals surface area (Å²) in [6.07, 6.45) is 1.53. The molecule has 21 heavy (non-hydrogen) atoms. The maximum Gasteiger partial charge on any atom is 0.260 e.